The van der Waals surface area contributed by atoms with Crippen LogP contribution in [0.2, 0.25) is 0 Å². The van der Waals surface area contributed by atoms with Gasteiger partial charge in [-0.05, 0) is 25.5 Å². The normalized spacial score (nSPS) is 12.4. The van der Waals surface area contributed by atoms with Gasteiger partial charge in [-0.2, -0.15) is 0 Å². The van der Waals surface area contributed by atoms with Crippen molar-refractivity contribution in [3.63, 3.8) is 0 Å². The van der Waals surface area contributed by atoms with Crippen LogP contribution in [0.1, 0.15) is 20.3 Å². The second kappa shape index (κ2) is 6.33. The molecule has 16 heavy (non-hydrogen) atoms. The van der Waals surface area contributed by atoms with E-state index in [2.05, 4.69) is 23.7 Å². The summed E-state index contributed by atoms with van der Waals surface area (Å²) in [5.41, 5.74) is 5.70. The first-order chi connectivity index (χ1) is 7.69. The first kappa shape index (κ1) is 12.8. The molecule has 0 fully saturated rings. The number of hydrogen-bond acceptors (Lipinski definition) is 4. The largest absolute Gasteiger partial charge is 0.384 e. The van der Waals surface area contributed by atoms with E-state index in [0.717, 1.165) is 18.8 Å². The molecule has 2 N–H and O–H groups in total. The Labute approximate surface area is 97.4 Å². The van der Waals surface area contributed by atoms with Crippen LogP contribution in [0.3, 0.4) is 0 Å². The molecule has 0 radical (unpaired) electrons. The summed E-state index contributed by atoms with van der Waals surface area (Å²) < 4.78 is 5.12. The van der Waals surface area contributed by atoms with Gasteiger partial charge in [0.05, 0.1) is 6.61 Å². The van der Waals surface area contributed by atoms with E-state index in [1.54, 1.807) is 13.2 Å². The lowest BCUT2D eigenvalue weighted by molar-refractivity contribution is 0.203. The molecule has 4 nitrogen and oxygen atoms in total. The Kier molecular flexibility index (Phi) is 5.05. The first-order valence-corrected chi connectivity index (χ1v) is 5.67. The molecule has 1 heterocycles. The molecule has 0 aromatic carbocycles. The van der Waals surface area contributed by atoms with E-state index in [9.17, 15) is 0 Å². The minimum Gasteiger partial charge on any atom is -0.384 e. The summed E-state index contributed by atoms with van der Waals surface area (Å²) in [7, 11) is 1.71. The quantitative estimate of drug-likeness (QED) is 0.800. The number of aromatic nitrogens is 1. The number of rotatable bonds is 6. The van der Waals surface area contributed by atoms with Crippen LogP contribution in [-0.4, -0.2) is 31.3 Å². The van der Waals surface area contributed by atoms with Gasteiger partial charge in [0.15, 0.2) is 0 Å². The second-order valence-electron chi connectivity index (χ2n) is 3.86. The second-order valence-corrected chi connectivity index (χ2v) is 3.86. The first-order valence-electron chi connectivity index (χ1n) is 5.67. The van der Waals surface area contributed by atoms with Crippen molar-refractivity contribution < 1.29 is 4.74 Å². The fourth-order valence-electron chi connectivity index (χ4n) is 1.57. The predicted octanol–water partition coefficient (Wildman–Crippen LogP) is 1.92. The number of nitrogen functional groups attached to an aromatic ring is 1. The summed E-state index contributed by atoms with van der Waals surface area (Å²) in [6.45, 7) is 5.88. The number of ether oxygens (including phenoxy) is 1. The highest BCUT2D eigenvalue weighted by atomic mass is 16.5. The van der Waals surface area contributed by atoms with Crippen LogP contribution in [-0.2, 0) is 4.74 Å². The van der Waals surface area contributed by atoms with Crippen LogP contribution in [0.15, 0.2) is 18.2 Å². The summed E-state index contributed by atoms with van der Waals surface area (Å²) in [6.07, 6.45) is 1.07. The van der Waals surface area contributed by atoms with Crippen LogP contribution < -0.4 is 10.6 Å². The van der Waals surface area contributed by atoms with Gasteiger partial charge in [-0.15, -0.1) is 0 Å². The zero-order valence-corrected chi connectivity index (χ0v) is 10.3. The van der Waals surface area contributed by atoms with Crippen LogP contribution in [0.25, 0.3) is 0 Å². The van der Waals surface area contributed by atoms with Gasteiger partial charge in [-0.25, -0.2) is 4.98 Å². The van der Waals surface area contributed by atoms with Crippen molar-refractivity contribution in [2.24, 2.45) is 0 Å². The lowest BCUT2D eigenvalue weighted by Gasteiger charge is -2.29. The van der Waals surface area contributed by atoms with Gasteiger partial charge in [-0.3, -0.25) is 0 Å². The summed E-state index contributed by atoms with van der Waals surface area (Å²) in [4.78, 5) is 6.57. The van der Waals surface area contributed by atoms with E-state index in [1.165, 1.54) is 0 Å². The summed E-state index contributed by atoms with van der Waals surface area (Å²) in [5, 5.41) is 0. The summed E-state index contributed by atoms with van der Waals surface area (Å²) >= 11 is 0. The number of hydrogen-bond donors (Lipinski definition) is 1. The third-order valence-corrected chi connectivity index (χ3v) is 2.71. The molecule has 1 unspecified atom stereocenters. The van der Waals surface area contributed by atoms with E-state index in [1.807, 2.05) is 12.1 Å². The number of methoxy groups -OCH3 is 1. The summed E-state index contributed by atoms with van der Waals surface area (Å²) in [5.74, 6) is 1.48. The monoisotopic (exact) mass is 223 g/mol. The van der Waals surface area contributed by atoms with Gasteiger partial charge in [0.25, 0.3) is 0 Å². The molecule has 0 saturated carbocycles. The molecule has 0 aliphatic carbocycles. The maximum absolute atomic E-state index is 5.70. The fraction of sp³-hybridized carbons (Fsp3) is 0.583. The molecule has 4 heteroatoms. The highest BCUT2D eigenvalue weighted by Gasteiger charge is 2.13. The topological polar surface area (TPSA) is 51.4 Å². The van der Waals surface area contributed by atoms with Crippen molar-refractivity contribution in [2.45, 2.75) is 26.3 Å². The van der Waals surface area contributed by atoms with Gasteiger partial charge in [-0.1, -0.05) is 13.0 Å². The SMILES string of the molecule is CCC(C)N(CCOC)c1cccc(N)n1. The molecule has 0 aliphatic rings. The Bertz CT molecular complexity index is 317. The molecule has 1 aromatic heterocycles. The Morgan fingerprint density at radius 3 is 2.81 bits per heavy atom. The van der Waals surface area contributed by atoms with Crippen LogP contribution in [0.4, 0.5) is 11.6 Å². The molecule has 0 spiro atoms. The molecule has 1 rings (SSSR count). The molecule has 1 aromatic rings. The van der Waals surface area contributed by atoms with Crippen molar-refractivity contribution >= 4 is 11.6 Å². The zero-order valence-electron chi connectivity index (χ0n) is 10.3. The van der Waals surface area contributed by atoms with Crippen molar-refractivity contribution in [1.29, 1.82) is 0 Å². The highest BCUT2D eigenvalue weighted by molar-refractivity contribution is 5.45. The number of nitrogens with two attached hydrogens (primary N) is 1. The number of anilines is 2. The average molecular weight is 223 g/mol. The lowest BCUT2D eigenvalue weighted by Crippen LogP contribution is -2.36. The van der Waals surface area contributed by atoms with Gasteiger partial charge < -0.3 is 15.4 Å². The molecule has 0 aliphatic heterocycles. The van der Waals surface area contributed by atoms with Crippen molar-refractivity contribution in [3.8, 4) is 0 Å². The van der Waals surface area contributed by atoms with E-state index in [-0.39, 0.29) is 0 Å². The average Bonchev–Trinajstić information content (AvgIpc) is 2.29. The fourth-order valence-corrected chi connectivity index (χ4v) is 1.57. The Morgan fingerprint density at radius 1 is 1.50 bits per heavy atom. The van der Waals surface area contributed by atoms with Gasteiger partial charge in [0.1, 0.15) is 11.6 Å². The smallest absolute Gasteiger partial charge is 0.131 e. The van der Waals surface area contributed by atoms with E-state index < -0.39 is 0 Å². The Morgan fingerprint density at radius 2 is 2.25 bits per heavy atom. The van der Waals surface area contributed by atoms with Crippen LogP contribution in [0, 0.1) is 0 Å². The van der Waals surface area contributed by atoms with E-state index in [0.29, 0.717) is 18.5 Å². The van der Waals surface area contributed by atoms with Gasteiger partial charge >= 0.3 is 0 Å². The lowest BCUT2D eigenvalue weighted by atomic mass is 10.2. The Balaban J connectivity index is 2.82. The minimum absolute atomic E-state index is 0.435. The van der Waals surface area contributed by atoms with Crippen molar-refractivity contribution in [3.05, 3.63) is 18.2 Å². The van der Waals surface area contributed by atoms with Crippen LogP contribution in [0.5, 0.6) is 0 Å². The minimum atomic E-state index is 0.435. The summed E-state index contributed by atoms with van der Waals surface area (Å²) in [6, 6.07) is 6.15. The predicted molar refractivity (Wildman–Crippen MR) is 67.6 cm³/mol. The maximum atomic E-state index is 5.70. The number of pyridine rings is 1. The zero-order chi connectivity index (χ0) is 12.0. The third kappa shape index (κ3) is 3.38. The highest BCUT2D eigenvalue weighted by Crippen LogP contribution is 2.16. The standard InChI is InChI=1S/C12H21N3O/c1-4-10(2)15(8-9-16-3)12-7-5-6-11(13)14-12/h5-7,10H,4,8-9H2,1-3H3,(H2,13,14). The molecular weight excluding hydrogens is 202 g/mol. The molecule has 90 valence electrons. The van der Waals surface area contributed by atoms with Gasteiger partial charge in [0, 0.05) is 19.7 Å². The maximum Gasteiger partial charge on any atom is 0.131 e. The van der Waals surface area contributed by atoms with E-state index >= 15 is 0 Å². The molecule has 0 saturated heterocycles. The van der Waals surface area contributed by atoms with Crippen molar-refractivity contribution in [1.82, 2.24) is 4.98 Å². The van der Waals surface area contributed by atoms with Crippen molar-refractivity contribution in [2.75, 3.05) is 30.9 Å². The van der Waals surface area contributed by atoms with Crippen LogP contribution >= 0.6 is 0 Å². The number of nitrogens with zero attached hydrogens (tertiary/aromatic N) is 2. The van der Waals surface area contributed by atoms with Gasteiger partial charge in [0.2, 0.25) is 0 Å². The molecular formula is C12H21N3O. The Hall–Kier alpha value is -1.29. The molecule has 0 bridgehead atoms. The van der Waals surface area contributed by atoms with E-state index in [4.69, 9.17) is 10.5 Å². The molecule has 1 atom stereocenters. The molecule has 0 amide bonds. The third-order valence-electron chi connectivity index (χ3n) is 2.71.